The van der Waals surface area contributed by atoms with Crippen LogP contribution in [0, 0.1) is 0 Å². The summed E-state index contributed by atoms with van der Waals surface area (Å²) >= 11 is 0. The topological polar surface area (TPSA) is 225 Å². The van der Waals surface area contributed by atoms with Crippen molar-refractivity contribution in [3.63, 3.8) is 0 Å². The third-order valence-electron chi connectivity index (χ3n) is 9.82. The van der Waals surface area contributed by atoms with Crippen LogP contribution in [0.5, 0.6) is 0 Å². The van der Waals surface area contributed by atoms with Crippen molar-refractivity contribution in [3.8, 4) is 0 Å². The minimum absolute atomic E-state index is 0.117. The maximum Gasteiger partial charge on any atom is 0.472 e. The van der Waals surface area contributed by atoms with Crippen molar-refractivity contribution in [2.24, 2.45) is 0 Å². The lowest BCUT2D eigenvalue weighted by molar-refractivity contribution is -0.148. The first-order valence-corrected chi connectivity index (χ1v) is 27.9. The standard InChI is InChI=1S/C51H88O15P2/c1-3-5-7-9-11-13-15-17-19-21-22-24-26-28-30-32-34-36-38-40-51(56)62-42-48(53)44-64-68(59,60)66-46-49(54)45-65-67(57,58)63-43-47(52)41-61-50(55)39-37-35-33-31-29-27-25-23-20-18-16-14-12-10-8-6-4-2/h11-14,17-20,22,24-25,27,31,33,47-49,52-54H,3-10,15-16,21,23,26,28-30,32,34-46H2,1-2H3,(H,57,58)(H,59,60)/b13-11-,14-12-,19-17-,20-18-,24-22-,27-25-,33-31-. The molecule has 392 valence electrons. The van der Waals surface area contributed by atoms with E-state index in [9.17, 15) is 43.8 Å². The van der Waals surface area contributed by atoms with Crippen molar-refractivity contribution in [2.45, 2.75) is 186 Å². The van der Waals surface area contributed by atoms with Crippen molar-refractivity contribution in [2.75, 3.05) is 39.6 Å². The monoisotopic (exact) mass is 1000 g/mol. The summed E-state index contributed by atoms with van der Waals surface area (Å²) in [5, 5.41) is 30.0. The minimum atomic E-state index is -4.80. The molecule has 68 heavy (non-hydrogen) atoms. The maximum absolute atomic E-state index is 12.2. The van der Waals surface area contributed by atoms with Gasteiger partial charge >= 0.3 is 27.6 Å². The number of hydrogen-bond acceptors (Lipinski definition) is 13. The Balaban J connectivity index is 3.95. The van der Waals surface area contributed by atoms with Crippen LogP contribution in [0.1, 0.15) is 168 Å². The number of aliphatic hydroxyl groups is 3. The van der Waals surface area contributed by atoms with E-state index < -0.39 is 85.5 Å². The van der Waals surface area contributed by atoms with Crippen LogP contribution in [0.4, 0.5) is 0 Å². The number of esters is 2. The fourth-order valence-corrected chi connectivity index (χ4v) is 7.51. The number of phosphoric ester groups is 2. The van der Waals surface area contributed by atoms with E-state index in [4.69, 9.17) is 9.47 Å². The molecule has 0 aliphatic heterocycles. The number of aliphatic hydroxyl groups excluding tert-OH is 3. The Bertz CT molecular complexity index is 1540. The molecular formula is C51H88O15P2. The molecule has 0 aromatic carbocycles. The highest BCUT2D eigenvalue weighted by molar-refractivity contribution is 7.47. The van der Waals surface area contributed by atoms with Gasteiger partial charge in [0.1, 0.15) is 31.5 Å². The number of unbranched alkanes of at least 4 members (excludes halogenated alkanes) is 13. The summed E-state index contributed by atoms with van der Waals surface area (Å²) in [6.45, 7) is 0.269. The molecule has 0 aromatic heterocycles. The Morgan fingerprint density at radius 3 is 1.00 bits per heavy atom. The Morgan fingerprint density at radius 1 is 0.382 bits per heavy atom. The highest BCUT2D eigenvalue weighted by Crippen LogP contribution is 2.45. The SMILES string of the molecule is CCCCC/C=C\C/C=C\C/C=C\C/C=C\CCCC(=O)OCC(O)COP(=O)(O)OCC(O)COP(=O)(O)OCC(O)COC(=O)CCCCCCCC/C=C\C/C=C\C/C=C\CCCCC. The van der Waals surface area contributed by atoms with Crippen LogP contribution in [-0.4, -0.2) is 95.0 Å². The van der Waals surface area contributed by atoms with E-state index >= 15 is 0 Å². The van der Waals surface area contributed by atoms with Gasteiger partial charge in [0.05, 0.1) is 26.4 Å². The predicted octanol–water partition coefficient (Wildman–Crippen LogP) is 11.7. The number of phosphoric acid groups is 2. The van der Waals surface area contributed by atoms with Crippen LogP contribution in [-0.2, 0) is 46.3 Å². The molecule has 0 fully saturated rings. The number of carbonyl (C=O) groups is 2. The van der Waals surface area contributed by atoms with Crippen molar-refractivity contribution < 1.29 is 71.4 Å². The summed E-state index contributed by atoms with van der Waals surface area (Å²) in [6, 6.07) is 0. The molecule has 0 aromatic rings. The Kier molecular flexibility index (Phi) is 44.7. The van der Waals surface area contributed by atoms with Crippen molar-refractivity contribution in [1.82, 2.24) is 0 Å². The van der Waals surface area contributed by atoms with Gasteiger partial charge in [-0.2, -0.15) is 0 Å². The molecule has 0 saturated carbocycles. The van der Waals surface area contributed by atoms with Crippen LogP contribution >= 0.6 is 15.6 Å². The second-order valence-corrected chi connectivity index (χ2v) is 19.4. The number of ether oxygens (including phenoxy) is 2. The molecular weight excluding hydrogens is 914 g/mol. The van der Waals surface area contributed by atoms with Gasteiger partial charge in [-0.15, -0.1) is 0 Å². The number of allylic oxidation sites excluding steroid dienone is 14. The molecule has 5 unspecified atom stereocenters. The van der Waals surface area contributed by atoms with E-state index in [2.05, 4.69) is 105 Å². The second kappa shape index (κ2) is 46.6. The highest BCUT2D eigenvalue weighted by atomic mass is 31.2. The molecule has 0 bridgehead atoms. The van der Waals surface area contributed by atoms with Crippen LogP contribution in [0.3, 0.4) is 0 Å². The second-order valence-electron chi connectivity index (χ2n) is 16.5. The molecule has 0 amide bonds. The van der Waals surface area contributed by atoms with Gasteiger partial charge in [0.25, 0.3) is 0 Å². The van der Waals surface area contributed by atoms with Crippen molar-refractivity contribution in [1.29, 1.82) is 0 Å². The normalized spacial score (nSPS) is 15.7. The fourth-order valence-electron chi connectivity index (χ4n) is 5.92. The fraction of sp³-hybridized carbons (Fsp3) is 0.686. The van der Waals surface area contributed by atoms with E-state index in [0.717, 1.165) is 77.0 Å². The van der Waals surface area contributed by atoms with Gasteiger partial charge in [0.15, 0.2) is 0 Å². The summed E-state index contributed by atoms with van der Waals surface area (Å²) in [6.07, 6.45) is 48.6. The molecule has 15 nitrogen and oxygen atoms in total. The number of rotatable bonds is 47. The molecule has 0 aliphatic carbocycles. The molecule has 17 heteroatoms. The molecule has 5 atom stereocenters. The van der Waals surface area contributed by atoms with Gasteiger partial charge in [-0.1, -0.05) is 150 Å². The largest absolute Gasteiger partial charge is 0.472 e. The van der Waals surface area contributed by atoms with Gasteiger partial charge in [-0.3, -0.25) is 27.7 Å². The summed E-state index contributed by atoms with van der Waals surface area (Å²) in [7, 11) is -9.60. The van der Waals surface area contributed by atoms with E-state index in [1.54, 1.807) is 0 Å². The van der Waals surface area contributed by atoms with Crippen molar-refractivity contribution in [3.05, 3.63) is 85.1 Å². The first kappa shape index (κ1) is 65.2. The van der Waals surface area contributed by atoms with Gasteiger partial charge in [0, 0.05) is 12.8 Å². The first-order chi connectivity index (χ1) is 32.8. The van der Waals surface area contributed by atoms with E-state index in [1.807, 2.05) is 12.2 Å². The third kappa shape index (κ3) is 48.3. The van der Waals surface area contributed by atoms with E-state index in [0.29, 0.717) is 19.3 Å². The van der Waals surface area contributed by atoms with Crippen LogP contribution in [0.2, 0.25) is 0 Å². The lowest BCUT2D eigenvalue weighted by Gasteiger charge is -2.19. The quantitative estimate of drug-likeness (QED) is 0.0165. The molecule has 0 heterocycles. The lowest BCUT2D eigenvalue weighted by atomic mass is 10.1. The van der Waals surface area contributed by atoms with Crippen LogP contribution in [0.15, 0.2) is 85.1 Å². The summed E-state index contributed by atoms with van der Waals surface area (Å²) in [4.78, 5) is 43.8. The summed E-state index contributed by atoms with van der Waals surface area (Å²) in [5.74, 6) is -1.07. The van der Waals surface area contributed by atoms with Gasteiger partial charge in [-0.05, 0) is 89.9 Å². The number of hydrogen-bond donors (Lipinski definition) is 5. The maximum atomic E-state index is 12.2. The Hall–Kier alpha value is -2.78. The highest BCUT2D eigenvalue weighted by Gasteiger charge is 2.28. The van der Waals surface area contributed by atoms with Gasteiger partial charge < -0.3 is 34.6 Å². The third-order valence-corrected chi connectivity index (χ3v) is 11.7. The molecule has 0 rings (SSSR count). The first-order valence-electron chi connectivity index (χ1n) is 24.9. The van der Waals surface area contributed by atoms with Crippen LogP contribution < -0.4 is 0 Å². The summed E-state index contributed by atoms with van der Waals surface area (Å²) in [5.41, 5.74) is 0. The summed E-state index contributed by atoms with van der Waals surface area (Å²) < 4.78 is 53.0. The van der Waals surface area contributed by atoms with E-state index in [1.165, 1.54) is 44.9 Å². The van der Waals surface area contributed by atoms with Crippen molar-refractivity contribution >= 4 is 27.6 Å². The van der Waals surface area contributed by atoms with E-state index in [-0.39, 0.29) is 12.8 Å². The molecule has 5 N–H and O–H groups in total. The molecule has 0 saturated heterocycles. The number of carbonyl (C=O) groups excluding carboxylic acids is 2. The van der Waals surface area contributed by atoms with Gasteiger partial charge in [0.2, 0.25) is 0 Å². The average molecular weight is 1000 g/mol. The lowest BCUT2D eigenvalue weighted by Crippen LogP contribution is -2.25. The Labute approximate surface area is 408 Å². The molecule has 0 spiro atoms. The zero-order valence-corrected chi connectivity index (χ0v) is 43.0. The minimum Gasteiger partial charge on any atom is -0.463 e. The van der Waals surface area contributed by atoms with Gasteiger partial charge in [-0.25, -0.2) is 9.13 Å². The smallest absolute Gasteiger partial charge is 0.463 e. The Morgan fingerprint density at radius 2 is 0.647 bits per heavy atom. The molecule has 0 radical (unpaired) electrons. The predicted molar refractivity (Wildman–Crippen MR) is 270 cm³/mol. The zero-order valence-electron chi connectivity index (χ0n) is 41.2. The van der Waals surface area contributed by atoms with Crippen LogP contribution in [0.25, 0.3) is 0 Å². The molecule has 0 aliphatic rings. The zero-order chi connectivity index (χ0) is 50.2. The average Bonchev–Trinajstić information content (AvgIpc) is 3.31.